The maximum Gasteiger partial charge on any atom is 0.124 e. The summed E-state index contributed by atoms with van der Waals surface area (Å²) in [6.07, 6.45) is 4.25. The lowest BCUT2D eigenvalue weighted by Gasteiger charge is -2.25. The fourth-order valence-corrected chi connectivity index (χ4v) is 2.99. The van der Waals surface area contributed by atoms with Crippen molar-refractivity contribution >= 4 is 11.6 Å². The Labute approximate surface area is 114 Å². The van der Waals surface area contributed by atoms with Crippen LogP contribution in [-0.2, 0) is 0 Å². The lowest BCUT2D eigenvalue weighted by Crippen LogP contribution is -2.31. The summed E-state index contributed by atoms with van der Waals surface area (Å²) in [5.74, 6) is 2.38. The molecule has 0 aromatic heterocycles. The molecule has 2 fully saturated rings. The standard InChI is InChI=1S/C15H20ClNO/c1-10-13(16)3-2-4-14(10)18-15(11-5-6-11)12-7-8-17-9-12/h2-4,11-12,15,17H,5-9H2,1H3/t12-,15?/m1/s1. The first-order valence-corrected chi connectivity index (χ1v) is 7.26. The quantitative estimate of drug-likeness (QED) is 0.901. The topological polar surface area (TPSA) is 21.3 Å². The summed E-state index contributed by atoms with van der Waals surface area (Å²) in [6, 6.07) is 5.94. The van der Waals surface area contributed by atoms with E-state index < -0.39 is 0 Å². The fraction of sp³-hybridized carbons (Fsp3) is 0.600. The molecule has 3 rings (SSSR count). The number of halogens is 1. The van der Waals surface area contributed by atoms with Crippen molar-refractivity contribution in [2.75, 3.05) is 13.1 Å². The molecule has 98 valence electrons. The van der Waals surface area contributed by atoms with Crippen LogP contribution in [0.4, 0.5) is 0 Å². The highest BCUT2D eigenvalue weighted by Gasteiger charge is 2.39. The molecule has 0 radical (unpaired) electrons. The Kier molecular flexibility index (Phi) is 3.49. The van der Waals surface area contributed by atoms with Gasteiger partial charge in [0.2, 0.25) is 0 Å². The van der Waals surface area contributed by atoms with Crippen molar-refractivity contribution in [3.05, 3.63) is 28.8 Å². The van der Waals surface area contributed by atoms with E-state index in [9.17, 15) is 0 Å². The van der Waals surface area contributed by atoms with E-state index in [0.717, 1.165) is 35.3 Å². The lowest BCUT2D eigenvalue weighted by atomic mass is 9.97. The van der Waals surface area contributed by atoms with E-state index in [0.29, 0.717) is 12.0 Å². The highest BCUT2D eigenvalue weighted by Crippen LogP contribution is 2.40. The molecule has 1 aliphatic carbocycles. The number of nitrogens with one attached hydrogen (secondary N) is 1. The Morgan fingerprint density at radius 3 is 2.78 bits per heavy atom. The van der Waals surface area contributed by atoms with Gasteiger partial charge in [0.1, 0.15) is 11.9 Å². The maximum atomic E-state index is 6.31. The number of hydrogen-bond donors (Lipinski definition) is 1. The Hall–Kier alpha value is -0.730. The molecule has 1 aliphatic heterocycles. The molecular weight excluding hydrogens is 246 g/mol. The zero-order valence-corrected chi connectivity index (χ0v) is 11.5. The first-order valence-electron chi connectivity index (χ1n) is 6.88. The molecule has 0 amide bonds. The van der Waals surface area contributed by atoms with Crippen molar-refractivity contribution in [1.82, 2.24) is 5.32 Å². The van der Waals surface area contributed by atoms with Crippen LogP contribution in [0, 0.1) is 18.8 Å². The SMILES string of the molecule is Cc1c(Cl)cccc1OC(C1CC1)[C@@H]1CCNC1. The van der Waals surface area contributed by atoms with Gasteiger partial charge < -0.3 is 10.1 Å². The van der Waals surface area contributed by atoms with Gasteiger partial charge in [0.05, 0.1) is 0 Å². The smallest absolute Gasteiger partial charge is 0.124 e. The van der Waals surface area contributed by atoms with Crippen LogP contribution in [0.25, 0.3) is 0 Å². The minimum atomic E-state index is 0.372. The molecule has 1 N–H and O–H groups in total. The second-order valence-corrected chi connectivity index (χ2v) is 5.94. The summed E-state index contributed by atoms with van der Waals surface area (Å²) >= 11 is 6.16. The summed E-state index contributed by atoms with van der Waals surface area (Å²) in [7, 11) is 0. The van der Waals surface area contributed by atoms with E-state index in [-0.39, 0.29) is 0 Å². The third kappa shape index (κ3) is 2.50. The second-order valence-electron chi connectivity index (χ2n) is 5.54. The molecule has 1 saturated carbocycles. The van der Waals surface area contributed by atoms with E-state index in [2.05, 4.69) is 5.32 Å². The van der Waals surface area contributed by atoms with Gasteiger partial charge in [-0.05, 0) is 50.8 Å². The van der Waals surface area contributed by atoms with Gasteiger partial charge >= 0.3 is 0 Å². The third-order valence-electron chi connectivity index (χ3n) is 4.13. The molecule has 0 bridgehead atoms. The number of ether oxygens (including phenoxy) is 1. The van der Waals surface area contributed by atoms with Gasteiger partial charge in [-0.2, -0.15) is 0 Å². The van der Waals surface area contributed by atoms with Crippen LogP contribution < -0.4 is 10.1 Å². The van der Waals surface area contributed by atoms with E-state index in [4.69, 9.17) is 16.3 Å². The van der Waals surface area contributed by atoms with Crippen LogP contribution in [0.2, 0.25) is 5.02 Å². The van der Waals surface area contributed by atoms with Crippen LogP contribution in [0.1, 0.15) is 24.8 Å². The van der Waals surface area contributed by atoms with Crippen molar-refractivity contribution in [3.63, 3.8) is 0 Å². The fourth-order valence-electron chi connectivity index (χ4n) is 2.82. The van der Waals surface area contributed by atoms with Gasteiger partial charge in [-0.25, -0.2) is 0 Å². The van der Waals surface area contributed by atoms with Crippen molar-refractivity contribution in [3.8, 4) is 5.75 Å². The van der Waals surface area contributed by atoms with E-state index in [1.807, 2.05) is 25.1 Å². The summed E-state index contributed by atoms with van der Waals surface area (Å²) in [6.45, 7) is 4.26. The van der Waals surface area contributed by atoms with Gasteiger partial charge in [-0.3, -0.25) is 0 Å². The zero-order valence-electron chi connectivity index (χ0n) is 10.8. The van der Waals surface area contributed by atoms with Gasteiger partial charge in [-0.15, -0.1) is 0 Å². The van der Waals surface area contributed by atoms with Crippen LogP contribution in [0.5, 0.6) is 5.75 Å². The highest BCUT2D eigenvalue weighted by molar-refractivity contribution is 6.31. The number of benzene rings is 1. The predicted molar refractivity (Wildman–Crippen MR) is 74.3 cm³/mol. The van der Waals surface area contributed by atoms with Crippen molar-refractivity contribution in [2.24, 2.45) is 11.8 Å². The maximum absolute atomic E-state index is 6.31. The third-order valence-corrected chi connectivity index (χ3v) is 4.54. The van der Waals surface area contributed by atoms with E-state index in [1.54, 1.807) is 0 Å². The zero-order chi connectivity index (χ0) is 12.5. The van der Waals surface area contributed by atoms with Gasteiger partial charge in [0.15, 0.2) is 0 Å². The Morgan fingerprint density at radius 2 is 2.11 bits per heavy atom. The average Bonchev–Trinajstić information content (AvgIpc) is 3.06. The molecule has 1 aromatic rings. The molecule has 3 heteroatoms. The van der Waals surface area contributed by atoms with Crippen LogP contribution in [0.15, 0.2) is 18.2 Å². The minimum Gasteiger partial charge on any atom is -0.489 e. The highest BCUT2D eigenvalue weighted by atomic mass is 35.5. The molecule has 18 heavy (non-hydrogen) atoms. The lowest BCUT2D eigenvalue weighted by molar-refractivity contribution is 0.120. The molecule has 1 heterocycles. The molecule has 2 atom stereocenters. The molecular formula is C15H20ClNO. The largest absolute Gasteiger partial charge is 0.489 e. The summed E-state index contributed by atoms with van der Waals surface area (Å²) in [5.41, 5.74) is 1.07. The Balaban J connectivity index is 1.77. The Bertz CT molecular complexity index is 425. The predicted octanol–water partition coefficient (Wildman–Crippen LogP) is 3.42. The van der Waals surface area contributed by atoms with Gasteiger partial charge in [0.25, 0.3) is 0 Å². The molecule has 1 aromatic carbocycles. The summed E-state index contributed by atoms with van der Waals surface area (Å²) in [5, 5.41) is 4.24. The van der Waals surface area contributed by atoms with Crippen LogP contribution in [-0.4, -0.2) is 19.2 Å². The molecule has 1 unspecified atom stereocenters. The average molecular weight is 266 g/mol. The van der Waals surface area contributed by atoms with Crippen LogP contribution >= 0.6 is 11.6 Å². The van der Waals surface area contributed by atoms with Gasteiger partial charge in [-0.1, -0.05) is 17.7 Å². The van der Waals surface area contributed by atoms with Crippen molar-refractivity contribution < 1.29 is 4.74 Å². The van der Waals surface area contributed by atoms with Crippen molar-refractivity contribution in [1.29, 1.82) is 0 Å². The summed E-state index contributed by atoms with van der Waals surface area (Å²) in [4.78, 5) is 0. The van der Waals surface area contributed by atoms with E-state index >= 15 is 0 Å². The first-order chi connectivity index (χ1) is 8.75. The first kappa shape index (κ1) is 12.3. The normalized spacial score (nSPS) is 25.1. The monoisotopic (exact) mass is 265 g/mol. The minimum absolute atomic E-state index is 0.372. The van der Waals surface area contributed by atoms with Crippen molar-refractivity contribution in [2.45, 2.75) is 32.3 Å². The summed E-state index contributed by atoms with van der Waals surface area (Å²) < 4.78 is 6.31. The number of hydrogen-bond acceptors (Lipinski definition) is 2. The van der Waals surface area contributed by atoms with Crippen LogP contribution in [0.3, 0.4) is 0 Å². The molecule has 2 aliphatic rings. The van der Waals surface area contributed by atoms with Gasteiger partial charge in [0, 0.05) is 23.0 Å². The van der Waals surface area contributed by atoms with E-state index in [1.165, 1.54) is 19.3 Å². The number of rotatable bonds is 4. The Morgan fingerprint density at radius 1 is 1.28 bits per heavy atom. The molecule has 0 spiro atoms. The second kappa shape index (κ2) is 5.10. The molecule has 1 saturated heterocycles. The molecule has 2 nitrogen and oxygen atoms in total.